The number of hydrogen-bond acceptors (Lipinski definition) is 4. The van der Waals surface area contributed by atoms with Crippen molar-refractivity contribution < 1.29 is 19.7 Å². The molecule has 4 nitrogen and oxygen atoms in total. The summed E-state index contributed by atoms with van der Waals surface area (Å²) in [4.78, 5) is 11.7. The topological polar surface area (TPSA) is 66.8 Å². The SMILES string of the molecule is O=C1CCCC2=C1C=C(C1OC[C@@H](O)[C@H]1O)C2. The van der Waals surface area contributed by atoms with Gasteiger partial charge < -0.3 is 14.9 Å². The lowest BCUT2D eigenvalue weighted by Gasteiger charge is -2.17. The van der Waals surface area contributed by atoms with E-state index in [0.717, 1.165) is 30.4 Å². The van der Waals surface area contributed by atoms with Crippen molar-refractivity contribution in [1.29, 1.82) is 0 Å². The molecule has 0 bridgehead atoms. The highest BCUT2D eigenvalue weighted by Crippen LogP contribution is 2.38. The monoisotopic (exact) mass is 236 g/mol. The Labute approximate surface area is 99.6 Å². The van der Waals surface area contributed by atoms with Gasteiger partial charge in [-0.25, -0.2) is 0 Å². The first-order chi connectivity index (χ1) is 8.16. The number of allylic oxidation sites excluding steroid dienone is 3. The average Bonchev–Trinajstić information content (AvgIpc) is 2.85. The van der Waals surface area contributed by atoms with Crippen LogP contribution in [0, 0.1) is 0 Å². The summed E-state index contributed by atoms with van der Waals surface area (Å²) >= 11 is 0. The van der Waals surface area contributed by atoms with Gasteiger partial charge in [0.05, 0.1) is 6.61 Å². The van der Waals surface area contributed by atoms with Crippen LogP contribution in [0.5, 0.6) is 0 Å². The molecule has 0 spiro atoms. The molecule has 0 aromatic heterocycles. The van der Waals surface area contributed by atoms with Crippen molar-refractivity contribution in [3.63, 3.8) is 0 Å². The normalized spacial score (nSPS) is 37.4. The second-order valence-electron chi connectivity index (χ2n) is 5.00. The first kappa shape index (κ1) is 11.1. The number of ketones is 1. The van der Waals surface area contributed by atoms with E-state index in [1.807, 2.05) is 6.08 Å². The molecule has 3 atom stereocenters. The molecule has 0 aromatic carbocycles. The number of carbonyl (C=O) groups excluding carboxylic acids is 1. The number of Topliss-reactive ketones (excluding diaryl/α,β-unsaturated/α-hetero) is 1. The maximum Gasteiger partial charge on any atom is 0.162 e. The summed E-state index contributed by atoms with van der Waals surface area (Å²) < 4.78 is 5.40. The standard InChI is InChI=1S/C13H16O4/c14-10-3-1-2-7-4-8(5-9(7)10)13-12(16)11(15)6-17-13/h5,11-13,15-16H,1-4,6H2/t11-,12-,13?/m1/s1. The predicted octanol–water partition coefficient (Wildman–Crippen LogP) is 0.487. The van der Waals surface area contributed by atoms with E-state index >= 15 is 0 Å². The van der Waals surface area contributed by atoms with E-state index in [1.54, 1.807) is 0 Å². The summed E-state index contributed by atoms with van der Waals surface area (Å²) in [6.07, 6.45) is 2.98. The fourth-order valence-corrected chi connectivity index (χ4v) is 2.89. The van der Waals surface area contributed by atoms with Crippen LogP contribution in [0.25, 0.3) is 0 Å². The van der Waals surface area contributed by atoms with Crippen molar-refractivity contribution in [1.82, 2.24) is 0 Å². The summed E-state index contributed by atoms with van der Waals surface area (Å²) in [5.74, 6) is 0.203. The van der Waals surface area contributed by atoms with Crippen LogP contribution in [0.4, 0.5) is 0 Å². The molecule has 1 fully saturated rings. The van der Waals surface area contributed by atoms with Gasteiger partial charge in [-0.15, -0.1) is 0 Å². The molecule has 3 aliphatic rings. The minimum absolute atomic E-state index is 0.168. The number of ether oxygens (including phenoxy) is 1. The lowest BCUT2D eigenvalue weighted by Crippen LogP contribution is -2.30. The second-order valence-corrected chi connectivity index (χ2v) is 5.00. The van der Waals surface area contributed by atoms with Crippen molar-refractivity contribution in [3.8, 4) is 0 Å². The van der Waals surface area contributed by atoms with Crippen LogP contribution in [0.2, 0.25) is 0 Å². The Hall–Kier alpha value is -0.970. The van der Waals surface area contributed by atoms with Gasteiger partial charge in [0.25, 0.3) is 0 Å². The predicted molar refractivity (Wildman–Crippen MR) is 60.3 cm³/mol. The van der Waals surface area contributed by atoms with Gasteiger partial charge in [-0.3, -0.25) is 4.79 Å². The van der Waals surface area contributed by atoms with Crippen LogP contribution in [-0.2, 0) is 9.53 Å². The summed E-state index contributed by atoms with van der Waals surface area (Å²) in [6, 6.07) is 0. The van der Waals surface area contributed by atoms with Crippen LogP contribution in [0.3, 0.4) is 0 Å². The van der Waals surface area contributed by atoms with E-state index in [2.05, 4.69) is 0 Å². The van der Waals surface area contributed by atoms with Gasteiger partial charge in [0.15, 0.2) is 5.78 Å². The Balaban J connectivity index is 1.81. The zero-order valence-electron chi connectivity index (χ0n) is 9.56. The van der Waals surface area contributed by atoms with Crippen LogP contribution >= 0.6 is 0 Å². The lowest BCUT2D eigenvalue weighted by molar-refractivity contribution is -0.115. The third-order valence-corrected chi connectivity index (χ3v) is 3.83. The molecule has 3 rings (SSSR count). The molecular formula is C13H16O4. The molecule has 0 aromatic rings. The van der Waals surface area contributed by atoms with Crippen molar-refractivity contribution >= 4 is 5.78 Å². The number of aliphatic hydroxyl groups is 2. The summed E-state index contributed by atoms with van der Waals surface area (Å²) in [7, 11) is 0. The first-order valence-corrected chi connectivity index (χ1v) is 6.10. The smallest absolute Gasteiger partial charge is 0.162 e. The molecule has 2 aliphatic carbocycles. The summed E-state index contributed by atoms with van der Waals surface area (Å²) in [5, 5.41) is 19.3. The highest BCUT2D eigenvalue weighted by Gasteiger charge is 2.39. The maximum atomic E-state index is 11.7. The molecule has 1 unspecified atom stereocenters. The van der Waals surface area contributed by atoms with Crippen LogP contribution in [0.1, 0.15) is 25.7 Å². The molecule has 0 amide bonds. The van der Waals surface area contributed by atoms with Crippen LogP contribution < -0.4 is 0 Å². The third-order valence-electron chi connectivity index (χ3n) is 3.83. The number of carbonyl (C=O) groups is 1. The molecule has 4 heteroatoms. The average molecular weight is 236 g/mol. The molecule has 0 radical (unpaired) electrons. The Bertz CT molecular complexity index is 421. The molecule has 92 valence electrons. The molecular weight excluding hydrogens is 220 g/mol. The van der Waals surface area contributed by atoms with Crippen LogP contribution in [-0.4, -0.2) is 40.9 Å². The number of hydrogen-bond donors (Lipinski definition) is 2. The van der Waals surface area contributed by atoms with Crippen molar-refractivity contribution in [3.05, 3.63) is 22.8 Å². The minimum Gasteiger partial charge on any atom is -0.388 e. The van der Waals surface area contributed by atoms with Gasteiger partial charge in [-0.2, -0.15) is 0 Å². The zero-order chi connectivity index (χ0) is 12.0. The Morgan fingerprint density at radius 2 is 2.12 bits per heavy atom. The van der Waals surface area contributed by atoms with E-state index in [9.17, 15) is 15.0 Å². The minimum atomic E-state index is -0.863. The van der Waals surface area contributed by atoms with Crippen molar-refractivity contribution in [2.24, 2.45) is 0 Å². The third kappa shape index (κ3) is 1.76. The number of rotatable bonds is 1. The molecule has 1 saturated heterocycles. The van der Waals surface area contributed by atoms with E-state index in [-0.39, 0.29) is 12.4 Å². The Morgan fingerprint density at radius 3 is 2.76 bits per heavy atom. The van der Waals surface area contributed by atoms with E-state index in [4.69, 9.17) is 4.74 Å². The Morgan fingerprint density at radius 1 is 1.29 bits per heavy atom. The molecule has 17 heavy (non-hydrogen) atoms. The Kier molecular flexibility index (Phi) is 2.65. The van der Waals surface area contributed by atoms with Gasteiger partial charge in [0.1, 0.15) is 18.3 Å². The van der Waals surface area contributed by atoms with Gasteiger partial charge in [0.2, 0.25) is 0 Å². The quantitative estimate of drug-likeness (QED) is 0.695. The fraction of sp³-hybridized carbons (Fsp3) is 0.615. The maximum absolute atomic E-state index is 11.7. The molecule has 1 aliphatic heterocycles. The van der Waals surface area contributed by atoms with Gasteiger partial charge in [0, 0.05) is 12.0 Å². The largest absolute Gasteiger partial charge is 0.388 e. The summed E-state index contributed by atoms with van der Waals surface area (Å²) in [6.45, 7) is 0.168. The first-order valence-electron chi connectivity index (χ1n) is 6.10. The van der Waals surface area contributed by atoms with Gasteiger partial charge >= 0.3 is 0 Å². The number of aliphatic hydroxyl groups excluding tert-OH is 2. The van der Waals surface area contributed by atoms with E-state index in [0.29, 0.717) is 6.42 Å². The van der Waals surface area contributed by atoms with Crippen LogP contribution in [0.15, 0.2) is 22.8 Å². The van der Waals surface area contributed by atoms with Crippen molar-refractivity contribution in [2.75, 3.05) is 6.61 Å². The fourth-order valence-electron chi connectivity index (χ4n) is 2.89. The lowest BCUT2D eigenvalue weighted by atomic mass is 9.92. The van der Waals surface area contributed by atoms with Gasteiger partial charge in [-0.1, -0.05) is 5.57 Å². The summed E-state index contributed by atoms with van der Waals surface area (Å²) in [5.41, 5.74) is 2.94. The highest BCUT2D eigenvalue weighted by molar-refractivity contribution is 6.00. The van der Waals surface area contributed by atoms with Crippen molar-refractivity contribution in [2.45, 2.75) is 44.0 Å². The second kappa shape index (κ2) is 4.05. The van der Waals surface area contributed by atoms with Gasteiger partial charge in [-0.05, 0) is 30.9 Å². The molecule has 2 N–H and O–H groups in total. The molecule has 1 heterocycles. The van der Waals surface area contributed by atoms with E-state index in [1.165, 1.54) is 5.57 Å². The van der Waals surface area contributed by atoms with E-state index < -0.39 is 18.3 Å². The zero-order valence-corrected chi connectivity index (χ0v) is 9.56. The highest BCUT2D eigenvalue weighted by atomic mass is 16.5. The molecule has 0 saturated carbocycles.